The second-order valence-corrected chi connectivity index (χ2v) is 7.48. The van der Waals surface area contributed by atoms with Crippen LogP contribution >= 0.6 is 0 Å². The fourth-order valence-corrected chi connectivity index (χ4v) is 3.55. The predicted octanol–water partition coefficient (Wildman–Crippen LogP) is 2.77. The third-order valence-electron chi connectivity index (χ3n) is 5.54. The number of nitrogens with zero attached hydrogens (tertiary/aromatic N) is 1. The first-order chi connectivity index (χ1) is 12.6. The third kappa shape index (κ3) is 3.44. The van der Waals surface area contributed by atoms with Gasteiger partial charge in [-0.3, -0.25) is 9.78 Å². The van der Waals surface area contributed by atoms with E-state index in [-0.39, 0.29) is 23.7 Å². The second kappa shape index (κ2) is 6.93. The van der Waals surface area contributed by atoms with Gasteiger partial charge in [0.2, 0.25) is 0 Å². The number of ether oxygens (including phenoxy) is 1. The van der Waals surface area contributed by atoms with Crippen molar-refractivity contribution in [3.05, 3.63) is 41.3 Å². The second-order valence-electron chi connectivity index (χ2n) is 7.48. The monoisotopic (exact) mass is 358 g/mol. The van der Waals surface area contributed by atoms with Gasteiger partial charge in [0, 0.05) is 42.2 Å². The molecule has 1 aromatic carbocycles. The van der Waals surface area contributed by atoms with Gasteiger partial charge in [-0.2, -0.15) is 0 Å². The van der Waals surface area contributed by atoms with Gasteiger partial charge < -0.3 is 15.2 Å². The minimum atomic E-state index is -0.385. The highest BCUT2D eigenvalue weighted by atomic mass is 19.1. The smallest absolute Gasteiger partial charge is 0.252 e. The van der Waals surface area contributed by atoms with E-state index in [2.05, 4.69) is 10.3 Å². The summed E-state index contributed by atoms with van der Waals surface area (Å²) in [6.07, 6.45) is 3.58. The number of carbonyl (C=O) groups is 1. The minimum Gasteiger partial charge on any atom is -0.396 e. The number of hydrogen-bond donors (Lipinski definition) is 2. The van der Waals surface area contributed by atoms with Crippen molar-refractivity contribution in [1.82, 2.24) is 10.3 Å². The number of amides is 1. The number of nitrogens with one attached hydrogen (secondary N) is 1. The maximum absolute atomic E-state index is 13.7. The summed E-state index contributed by atoms with van der Waals surface area (Å²) >= 11 is 0. The number of aromatic nitrogens is 1. The van der Waals surface area contributed by atoms with Crippen LogP contribution in [0.4, 0.5) is 4.39 Å². The van der Waals surface area contributed by atoms with Crippen molar-refractivity contribution in [2.75, 3.05) is 26.4 Å². The molecule has 1 aliphatic carbocycles. The van der Waals surface area contributed by atoms with Gasteiger partial charge in [0.25, 0.3) is 5.91 Å². The number of rotatable bonds is 5. The Balaban J connectivity index is 1.62. The summed E-state index contributed by atoms with van der Waals surface area (Å²) in [7, 11) is 0. The molecule has 2 aliphatic rings. The van der Waals surface area contributed by atoms with E-state index in [1.54, 1.807) is 12.1 Å². The Hall–Kier alpha value is -2.05. The summed E-state index contributed by atoms with van der Waals surface area (Å²) in [5, 5.41) is 13.3. The summed E-state index contributed by atoms with van der Waals surface area (Å²) in [6.45, 7) is 1.57. The maximum Gasteiger partial charge on any atom is 0.252 e. The van der Waals surface area contributed by atoms with Crippen molar-refractivity contribution >= 4 is 16.8 Å². The van der Waals surface area contributed by atoms with Crippen LogP contribution in [0.2, 0.25) is 0 Å². The third-order valence-corrected chi connectivity index (χ3v) is 5.54. The van der Waals surface area contributed by atoms with Gasteiger partial charge in [0.15, 0.2) is 0 Å². The first kappa shape index (κ1) is 17.4. The average Bonchev–Trinajstić information content (AvgIpc) is 3.51. The van der Waals surface area contributed by atoms with Gasteiger partial charge in [0.1, 0.15) is 5.82 Å². The Morgan fingerprint density at radius 3 is 2.77 bits per heavy atom. The summed E-state index contributed by atoms with van der Waals surface area (Å²) in [4.78, 5) is 17.5. The standard InChI is InChI=1S/C20H23FN2O3/c21-14-3-4-17-15(9-14)16(10-18(23-17)13-1-2-13)19(25)22-11-20(12-24)5-7-26-8-6-20/h3-4,9-10,13,24H,1-2,5-8,11-12H2,(H,22,25). The van der Waals surface area contributed by atoms with E-state index in [0.717, 1.165) is 18.5 Å². The van der Waals surface area contributed by atoms with Gasteiger partial charge in [0.05, 0.1) is 17.7 Å². The fourth-order valence-electron chi connectivity index (χ4n) is 3.55. The molecule has 26 heavy (non-hydrogen) atoms. The van der Waals surface area contributed by atoms with Crippen LogP contribution in [0.15, 0.2) is 24.3 Å². The molecule has 0 spiro atoms. The summed E-state index contributed by atoms with van der Waals surface area (Å²) < 4.78 is 19.1. The molecule has 2 heterocycles. The lowest BCUT2D eigenvalue weighted by atomic mass is 9.81. The van der Waals surface area contributed by atoms with Crippen molar-refractivity contribution in [3.8, 4) is 0 Å². The molecule has 1 aromatic heterocycles. The summed E-state index contributed by atoms with van der Waals surface area (Å²) in [6, 6.07) is 6.16. The predicted molar refractivity (Wildman–Crippen MR) is 95.6 cm³/mol. The van der Waals surface area contributed by atoms with Crippen LogP contribution in [0.25, 0.3) is 10.9 Å². The number of halogens is 1. The Morgan fingerprint density at radius 2 is 2.08 bits per heavy atom. The number of pyridine rings is 1. The molecule has 0 bridgehead atoms. The molecule has 0 unspecified atom stereocenters. The zero-order chi connectivity index (χ0) is 18.1. The highest BCUT2D eigenvalue weighted by Crippen LogP contribution is 2.40. The average molecular weight is 358 g/mol. The summed E-state index contributed by atoms with van der Waals surface area (Å²) in [5.41, 5.74) is 1.65. The van der Waals surface area contributed by atoms with Gasteiger partial charge in [-0.25, -0.2) is 4.39 Å². The lowest BCUT2D eigenvalue weighted by molar-refractivity contribution is -0.0146. The molecule has 2 aromatic rings. The van der Waals surface area contributed by atoms with E-state index >= 15 is 0 Å². The number of benzene rings is 1. The number of aliphatic hydroxyl groups excluding tert-OH is 1. The normalized spacial score (nSPS) is 19.5. The van der Waals surface area contributed by atoms with E-state index in [1.807, 2.05) is 0 Å². The lowest BCUT2D eigenvalue weighted by Crippen LogP contribution is -2.43. The largest absolute Gasteiger partial charge is 0.396 e. The van der Waals surface area contributed by atoms with Crippen LogP contribution in [0.3, 0.4) is 0 Å². The van der Waals surface area contributed by atoms with Crippen LogP contribution in [0, 0.1) is 11.2 Å². The van der Waals surface area contributed by atoms with Crippen LogP contribution < -0.4 is 5.32 Å². The highest BCUT2D eigenvalue weighted by molar-refractivity contribution is 6.06. The van der Waals surface area contributed by atoms with Crippen LogP contribution in [-0.2, 0) is 4.74 Å². The number of aliphatic hydroxyl groups is 1. The molecular weight excluding hydrogens is 335 g/mol. The van der Waals surface area contributed by atoms with Crippen LogP contribution in [0.5, 0.6) is 0 Å². The molecule has 4 rings (SSSR count). The Kier molecular flexibility index (Phi) is 4.63. The molecule has 2 N–H and O–H groups in total. The molecule has 6 heteroatoms. The van der Waals surface area contributed by atoms with E-state index in [0.29, 0.717) is 55.0 Å². The first-order valence-corrected chi connectivity index (χ1v) is 9.17. The highest BCUT2D eigenvalue weighted by Gasteiger charge is 2.33. The van der Waals surface area contributed by atoms with Crippen molar-refractivity contribution < 1.29 is 19.0 Å². The number of hydrogen-bond acceptors (Lipinski definition) is 4. The molecule has 0 radical (unpaired) electrons. The minimum absolute atomic E-state index is 0.00961. The SMILES string of the molecule is O=C(NCC1(CO)CCOCC1)c1cc(C2CC2)nc2ccc(F)cc12. The van der Waals surface area contributed by atoms with Crippen molar-refractivity contribution in [2.45, 2.75) is 31.6 Å². The zero-order valence-corrected chi connectivity index (χ0v) is 14.6. The van der Waals surface area contributed by atoms with Crippen molar-refractivity contribution in [1.29, 1.82) is 0 Å². The molecule has 1 amide bonds. The van der Waals surface area contributed by atoms with Crippen molar-refractivity contribution in [3.63, 3.8) is 0 Å². The van der Waals surface area contributed by atoms with Gasteiger partial charge in [-0.05, 0) is 49.9 Å². The Labute approximate surface area is 151 Å². The zero-order valence-electron chi connectivity index (χ0n) is 14.6. The molecule has 1 aliphatic heterocycles. The molecule has 1 saturated heterocycles. The number of fused-ring (bicyclic) bond motifs is 1. The molecule has 138 valence electrons. The van der Waals surface area contributed by atoms with Crippen LogP contribution in [0.1, 0.15) is 47.7 Å². The topological polar surface area (TPSA) is 71.5 Å². The number of carbonyl (C=O) groups excluding carboxylic acids is 1. The van der Waals surface area contributed by atoms with Gasteiger partial charge in [-0.15, -0.1) is 0 Å². The van der Waals surface area contributed by atoms with E-state index in [4.69, 9.17) is 4.74 Å². The summed E-state index contributed by atoms with van der Waals surface area (Å²) in [5.74, 6) is -0.233. The Morgan fingerprint density at radius 1 is 1.31 bits per heavy atom. The lowest BCUT2D eigenvalue weighted by Gasteiger charge is -2.35. The molecule has 2 fully saturated rings. The van der Waals surface area contributed by atoms with E-state index < -0.39 is 0 Å². The van der Waals surface area contributed by atoms with Gasteiger partial charge >= 0.3 is 0 Å². The van der Waals surface area contributed by atoms with Crippen LogP contribution in [-0.4, -0.2) is 42.4 Å². The van der Waals surface area contributed by atoms with Crippen molar-refractivity contribution in [2.24, 2.45) is 5.41 Å². The molecule has 5 nitrogen and oxygen atoms in total. The molecular formula is C20H23FN2O3. The fraction of sp³-hybridized carbons (Fsp3) is 0.500. The first-order valence-electron chi connectivity index (χ1n) is 9.17. The van der Waals surface area contributed by atoms with Gasteiger partial charge in [-0.1, -0.05) is 0 Å². The molecule has 0 atom stereocenters. The van der Waals surface area contributed by atoms with E-state index in [1.165, 1.54) is 12.1 Å². The molecule has 1 saturated carbocycles. The quantitative estimate of drug-likeness (QED) is 0.862. The van der Waals surface area contributed by atoms with E-state index in [9.17, 15) is 14.3 Å². The maximum atomic E-state index is 13.7. The Bertz CT molecular complexity index is 829.